The van der Waals surface area contributed by atoms with Crippen LogP contribution >= 0.6 is 0 Å². The normalized spacial score (nSPS) is 12.5. The second-order valence-corrected chi connectivity index (χ2v) is 3.08. The van der Waals surface area contributed by atoms with E-state index in [2.05, 4.69) is 6.92 Å². The second-order valence-electron chi connectivity index (χ2n) is 3.08. The summed E-state index contributed by atoms with van der Waals surface area (Å²) in [5.41, 5.74) is 0.961. The molecule has 1 aromatic rings. The first-order chi connectivity index (χ1) is 6.27. The molecular formula is C11H16O2. The Hall–Kier alpha value is -1.02. The lowest BCUT2D eigenvalue weighted by Crippen LogP contribution is -1.96. The molecule has 0 bridgehead atoms. The van der Waals surface area contributed by atoms with Gasteiger partial charge in [-0.25, -0.2) is 0 Å². The van der Waals surface area contributed by atoms with E-state index >= 15 is 0 Å². The zero-order valence-electron chi connectivity index (χ0n) is 8.16. The van der Waals surface area contributed by atoms with E-state index in [0.29, 0.717) is 0 Å². The fraction of sp³-hybridized carbons (Fsp3) is 0.455. The van der Waals surface area contributed by atoms with Gasteiger partial charge in [-0.2, -0.15) is 0 Å². The maximum absolute atomic E-state index is 9.64. The van der Waals surface area contributed by atoms with Gasteiger partial charge in [-0.3, -0.25) is 0 Å². The molecule has 0 aliphatic heterocycles. The van der Waals surface area contributed by atoms with Gasteiger partial charge in [0.2, 0.25) is 0 Å². The van der Waals surface area contributed by atoms with Gasteiger partial charge in [0.25, 0.3) is 0 Å². The van der Waals surface area contributed by atoms with Gasteiger partial charge in [-0.15, -0.1) is 0 Å². The first-order valence-electron chi connectivity index (χ1n) is 4.60. The van der Waals surface area contributed by atoms with Crippen molar-refractivity contribution in [2.24, 2.45) is 0 Å². The first-order valence-corrected chi connectivity index (χ1v) is 4.60. The van der Waals surface area contributed by atoms with E-state index in [4.69, 9.17) is 4.74 Å². The van der Waals surface area contributed by atoms with Crippen LogP contribution in [0.4, 0.5) is 0 Å². The molecule has 2 heteroatoms. The maximum atomic E-state index is 9.64. The summed E-state index contributed by atoms with van der Waals surface area (Å²) >= 11 is 0. The molecule has 0 heterocycles. The Morgan fingerprint density at radius 2 is 1.92 bits per heavy atom. The molecule has 0 amide bonds. The largest absolute Gasteiger partial charge is 0.497 e. The number of aliphatic hydroxyl groups is 1. The highest BCUT2D eigenvalue weighted by Crippen LogP contribution is 2.20. The van der Waals surface area contributed by atoms with Crippen LogP contribution in [0.1, 0.15) is 31.4 Å². The van der Waals surface area contributed by atoms with E-state index in [1.54, 1.807) is 7.11 Å². The lowest BCUT2D eigenvalue weighted by molar-refractivity contribution is 0.166. The molecule has 1 aromatic carbocycles. The fourth-order valence-electron chi connectivity index (χ4n) is 1.27. The molecule has 72 valence electrons. The van der Waals surface area contributed by atoms with E-state index in [9.17, 15) is 5.11 Å². The second kappa shape index (κ2) is 4.87. The van der Waals surface area contributed by atoms with Crippen LogP contribution in [0.25, 0.3) is 0 Å². The van der Waals surface area contributed by atoms with Crippen molar-refractivity contribution in [2.45, 2.75) is 25.9 Å². The summed E-state index contributed by atoms with van der Waals surface area (Å²) in [5, 5.41) is 9.64. The third kappa shape index (κ3) is 2.74. The van der Waals surface area contributed by atoms with E-state index in [0.717, 1.165) is 24.2 Å². The monoisotopic (exact) mass is 180 g/mol. The molecule has 1 atom stereocenters. The molecule has 1 rings (SSSR count). The minimum Gasteiger partial charge on any atom is -0.497 e. The molecule has 0 aliphatic carbocycles. The Bertz CT molecular complexity index is 241. The summed E-state index contributed by atoms with van der Waals surface area (Å²) < 4.78 is 5.03. The van der Waals surface area contributed by atoms with E-state index in [1.165, 1.54) is 0 Å². The van der Waals surface area contributed by atoms with Gasteiger partial charge in [-0.05, 0) is 24.1 Å². The SMILES string of the molecule is CCCC(O)c1ccc(OC)cc1. The van der Waals surface area contributed by atoms with Gasteiger partial charge >= 0.3 is 0 Å². The molecule has 0 saturated heterocycles. The first kappa shape index (κ1) is 10.1. The van der Waals surface area contributed by atoms with Gasteiger partial charge in [-0.1, -0.05) is 25.5 Å². The number of aliphatic hydroxyl groups excluding tert-OH is 1. The van der Waals surface area contributed by atoms with Gasteiger partial charge in [0.1, 0.15) is 5.75 Å². The van der Waals surface area contributed by atoms with Crippen LogP contribution in [-0.4, -0.2) is 12.2 Å². The molecule has 0 aromatic heterocycles. The fourth-order valence-corrected chi connectivity index (χ4v) is 1.27. The molecule has 1 N–H and O–H groups in total. The molecule has 0 aliphatic rings. The number of hydrogen-bond donors (Lipinski definition) is 1. The third-order valence-corrected chi connectivity index (χ3v) is 2.06. The smallest absolute Gasteiger partial charge is 0.118 e. The summed E-state index contributed by atoms with van der Waals surface area (Å²) in [4.78, 5) is 0. The molecule has 13 heavy (non-hydrogen) atoms. The summed E-state index contributed by atoms with van der Waals surface area (Å²) in [6.07, 6.45) is 1.47. The highest BCUT2D eigenvalue weighted by atomic mass is 16.5. The van der Waals surface area contributed by atoms with E-state index in [-0.39, 0.29) is 6.10 Å². The molecule has 0 spiro atoms. The molecule has 0 fully saturated rings. The summed E-state index contributed by atoms with van der Waals surface area (Å²) in [6, 6.07) is 7.54. The number of hydrogen-bond acceptors (Lipinski definition) is 2. The standard InChI is InChI=1S/C11H16O2/c1-3-4-11(12)9-5-7-10(13-2)8-6-9/h5-8,11-12H,3-4H2,1-2H3. The average Bonchev–Trinajstić information content (AvgIpc) is 2.18. The van der Waals surface area contributed by atoms with Crippen LogP contribution in [0.15, 0.2) is 24.3 Å². The zero-order valence-corrected chi connectivity index (χ0v) is 8.16. The third-order valence-electron chi connectivity index (χ3n) is 2.06. The van der Waals surface area contributed by atoms with Gasteiger partial charge in [0, 0.05) is 0 Å². The molecule has 0 radical (unpaired) electrons. The van der Waals surface area contributed by atoms with E-state index < -0.39 is 0 Å². The Morgan fingerprint density at radius 1 is 1.31 bits per heavy atom. The Kier molecular flexibility index (Phi) is 3.77. The maximum Gasteiger partial charge on any atom is 0.118 e. The lowest BCUT2D eigenvalue weighted by atomic mass is 10.1. The van der Waals surface area contributed by atoms with Crippen LogP contribution in [0.3, 0.4) is 0 Å². The minimum atomic E-state index is -0.337. The van der Waals surface area contributed by atoms with Crippen molar-refractivity contribution < 1.29 is 9.84 Å². The van der Waals surface area contributed by atoms with Crippen molar-refractivity contribution in [1.82, 2.24) is 0 Å². The van der Waals surface area contributed by atoms with Crippen LogP contribution in [0.5, 0.6) is 5.75 Å². The quantitative estimate of drug-likeness (QED) is 0.771. The Balaban J connectivity index is 2.67. The summed E-state index contributed by atoms with van der Waals surface area (Å²) in [7, 11) is 1.64. The van der Waals surface area contributed by atoms with Gasteiger partial charge in [0.05, 0.1) is 13.2 Å². The van der Waals surface area contributed by atoms with Crippen molar-refractivity contribution in [3.8, 4) is 5.75 Å². The van der Waals surface area contributed by atoms with Gasteiger partial charge < -0.3 is 9.84 Å². The van der Waals surface area contributed by atoms with E-state index in [1.807, 2.05) is 24.3 Å². The number of methoxy groups -OCH3 is 1. The van der Waals surface area contributed by atoms with Crippen LogP contribution in [0, 0.1) is 0 Å². The average molecular weight is 180 g/mol. The van der Waals surface area contributed by atoms with Crippen molar-refractivity contribution in [3.63, 3.8) is 0 Å². The Labute approximate surface area is 79.2 Å². The van der Waals surface area contributed by atoms with Crippen LogP contribution < -0.4 is 4.74 Å². The molecule has 0 saturated carbocycles. The van der Waals surface area contributed by atoms with Crippen molar-refractivity contribution in [1.29, 1.82) is 0 Å². The topological polar surface area (TPSA) is 29.5 Å². The lowest BCUT2D eigenvalue weighted by Gasteiger charge is -2.09. The van der Waals surface area contributed by atoms with Crippen LogP contribution in [-0.2, 0) is 0 Å². The minimum absolute atomic E-state index is 0.337. The number of rotatable bonds is 4. The van der Waals surface area contributed by atoms with Gasteiger partial charge in [0.15, 0.2) is 0 Å². The van der Waals surface area contributed by atoms with Crippen molar-refractivity contribution in [3.05, 3.63) is 29.8 Å². The molecule has 1 unspecified atom stereocenters. The van der Waals surface area contributed by atoms with Crippen molar-refractivity contribution >= 4 is 0 Å². The summed E-state index contributed by atoms with van der Waals surface area (Å²) in [6.45, 7) is 2.06. The molecular weight excluding hydrogens is 164 g/mol. The summed E-state index contributed by atoms with van der Waals surface area (Å²) in [5.74, 6) is 0.826. The number of ether oxygens (including phenoxy) is 1. The number of benzene rings is 1. The molecule has 2 nitrogen and oxygen atoms in total. The highest BCUT2D eigenvalue weighted by Gasteiger charge is 2.05. The predicted molar refractivity (Wildman–Crippen MR) is 52.9 cm³/mol. The van der Waals surface area contributed by atoms with Crippen molar-refractivity contribution in [2.75, 3.05) is 7.11 Å². The highest BCUT2D eigenvalue weighted by molar-refractivity contribution is 5.28. The Morgan fingerprint density at radius 3 is 2.38 bits per heavy atom. The zero-order chi connectivity index (χ0) is 9.68. The predicted octanol–water partition coefficient (Wildman–Crippen LogP) is 2.53. The van der Waals surface area contributed by atoms with Crippen LogP contribution in [0.2, 0.25) is 0 Å².